The van der Waals surface area contributed by atoms with Crippen molar-refractivity contribution in [3.63, 3.8) is 0 Å². The number of hydrogen-bond donors (Lipinski definition) is 1. The minimum atomic E-state index is -0.390. The number of amides is 2. The van der Waals surface area contributed by atoms with Gasteiger partial charge in [0, 0.05) is 10.7 Å². The van der Waals surface area contributed by atoms with Crippen molar-refractivity contribution in [3.05, 3.63) is 99.7 Å². The van der Waals surface area contributed by atoms with Crippen LogP contribution in [0, 0.1) is 20.8 Å². The third-order valence-electron chi connectivity index (χ3n) is 5.18. The van der Waals surface area contributed by atoms with Crippen molar-refractivity contribution in [3.8, 4) is 0 Å². The van der Waals surface area contributed by atoms with Crippen LogP contribution in [-0.2, 0) is 9.59 Å². The molecule has 0 radical (unpaired) electrons. The van der Waals surface area contributed by atoms with Crippen LogP contribution in [0.4, 0.5) is 11.4 Å². The molecule has 5 heteroatoms. The molecule has 0 saturated carbocycles. The highest BCUT2D eigenvalue weighted by Gasteiger charge is 2.40. The van der Waals surface area contributed by atoms with Crippen molar-refractivity contribution in [2.24, 2.45) is 0 Å². The summed E-state index contributed by atoms with van der Waals surface area (Å²) < 4.78 is 0. The first kappa shape index (κ1) is 19.9. The maximum Gasteiger partial charge on any atom is 0.282 e. The van der Waals surface area contributed by atoms with Gasteiger partial charge in [0.05, 0.1) is 11.3 Å². The summed E-state index contributed by atoms with van der Waals surface area (Å²) in [5.41, 5.74) is 5.56. The number of halogens is 1. The highest BCUT2D eigenvalue weighted by Crippen LogP contribution is 2.35. The fraction of sp³-hybridized carbons (Fsp3) is 0.120. The fourth-order valence-electron chi connectivity index (χ4n) is 3.43. The summed E-state index contributed by atoms with van der Waals surface area (Å²) in [6, 6.07) is 20.3. The molecule has 0 saturated heterocycles. The summed E-state index contributed by atoms with van der Waals surface area (Å²) in [5, 5.41) is 3.74. The minimum absolute atomic E-state index is 0.245. The van der Waals surface area contributed by atoms with E-state index in [2.05, 4.69) is 5.32 Å². The number of nitrogens with zero attached hydrogens (tertiary/aromatic N) is 1. The Hall–Kier alpha value is -3.37. The molecular weight excluding hydrogens is 396 g/mol. The zero-order chi connectivity index (χ0) is 21.4. The number of carbonyl (C=O) groups is 2. The van der Waals surface area contributed by atoms with Gasteiger partial charge < -0.3 is 5.32 Å². The molecule has 1 heterocycles. The second-order valence-electron chi connectivity index (χ2n) is 7.48. The molecule has 3 aromatic rings. The Morgan fingerprint density at radius 3 is 2.00 bits per heavy atom. The monoisotopic (exact) mass is 416 g/mol. The van der Waals surface area contributed by atoms with Crippen molar-refractivity contribution < 1.29 is 9.59 Å². The Balaban J connectivity index is 1.84. The highest BCUT2D eigenvalue weighted by atomic mass is 35.5. The SMILES string of the molecule is Cc1ccc(C2=C(Nc3cc(Cl)ccc3C)C(=O)N(c3ccc(C)cc3)C2=O)cc1. The molecule has 0 fully saturated rings. The lowest BCUT2D eigenvalue weighted by molar-refractivity contribution is -0.120. The van der Waals surface area contributed by atoms with E-state index in [4.69, 9.17) is 11.6 Å². The number of aryl methyl sites for hydroxylation is 3. The van der Waals surface area contributed by atoms with E-state index >= 15 is 0 Å². The van der Waals surface area contributed by atoms with Gasteiger partial charge in [0.1, 0.15) is 5.70 Å². The van der Waals surface area contributed by atoms with E-state index in [-0.39, 0.29) is 17.5 Å². The zero-order valence-electron chi connectivity index (χ0n) is 17.0. The van der Waals surface area contributed by atoms with Crippen molar-refractivity contribution in [1.82, 2.24) is 0 Å². The molecule has 30 heavy (non-hydrogen) atoms. The van der Waals surface area contributed by atoms with Gasteiger partial charge in [-0.15, -0.1) is 0 Å². The quantitative estimate of drug-likeness (QED) is 0.558. The van der Waals surface area contributed by atoms with Crippen LogP contribution in [-0.4, -0.2) is 11.8 Å². The molecule has 1 aliphatic heterocycles. The van der Waals surface area contributed by atoms with Crippen molar-refractivity contribution in [2.75, 3.05) is 10.2 Å². The highest BCUT2D eigenvalue weighted by molar-refractivity contribution is 6.46. The average molecular weight is 417 g/mol. The molecule has 150 valence electrons. The van der Waals surface area contributed by atoms with Crippen LogP contribution in [0.5, 0.6) is 0 Å². The first-order valence-corrected chi connectivity index (χ1v) is 10.0. The van der Waals surface area contributed by atoms with Crippen LogP contribution >= 0.6 is 11.6 Å². The number of imide groups is 1. The van der Waals surface area contributed by atoms with Crippen molar-refractivity contribution >= 4 is 40.4 Å². The summed E-state index contributed by atoms with van der Waals surface area (Å²) in [7, 11) is 0. The Labute approximate surface area is 180 Å². The van der Waals surface area contributed by atoms with Crippen LogP contribution in [0.2, 0.25) is 5.02 Å². The van der Waals surface area contributed by atoms with E-state index < -0.39 is 0 Å². The van der Waals surface area contributed by atoms with Crippen LogP contribution in [0.1, 0.15) is 22.3 Å². The molecule has 0 spiro atoms. The van der Waals surface area contributed by atoms with E-state index in [0.29, 0.717) is 27.5 Å². The molecule has 0 unspecified atom stereocenters. The van der Waals surface area contributed by atoms with Gasteiger partial charge >= 0.3 is 0 Å². The Bertz CT molecular complexity index is 1180. The van der Waals surface area contributed by atoms with Gasteiger partial charge in [-0.25, -0.2) is 4.90 Å². The number of hydrogen-bond acceptors (Lipinski definition) is 3. The molecule has 3 aromatic carbocycles. The van der Waals surface area contributed by atoms with Crippen LogP contribution in [0.15, 0.2) is 72.4 Å². The van der Waals surface area contributed by atoms with Crippen LogP contribution in [0.25, 0.3) is 5.57 Å². The smallest absolute Gasteiger partial charge is 0.282 e. The van der Waals surface area contributed by atoms with Gasteiger partial charge in [0.25, 0.3) is 11.8 Å². The second-order valence-corrected chi connectivity index (χ2v) is 7.92. The van der Waals surface area contributed by atoms with Crippen LogP contribution < -0.4 is 10.2 Å². The molecule has 0 bridgehead atoms. The van der Waals surface area contributed by atoms with E-state index in [1.807, 2.05) is 63.2 Å². The van der Waals surface area contributed by atoms with Crippen molar-refractivity contribution in [2.45, 2.75) is 20.8 Å². The predicted octanol–water partition coefficient (Wildman–Crippen LogP) is 5.66. The first-order chi connectivity index (χ1) is 14.3. The summed E-state index contributed by atoms with van der Waals surface area (Å²) in [6.07, 6.45) is 0. The maximum atomic E-state index is 13.4. The standard InChI is InChI=1S/C25H21ClN2O2/c1-15-4-9-18(10-5-15)22-23(27-21-14-19(26)11-8-17(21)3)25(30)28(24(22)29)20-12-6-16(2)7-13-20/h4-14,27H,1-3H3. The molecule has 2 amide bonds. The summed E-state index contributed by atoms with van der Waals surface area (Å²) >= 11 is 6.16. The normalized spacial score (nSPS) is 13.9. The van der Waals surface area contributed by atoms with Gasteiger partial charge in [-0.3, -0.25) is 9.59 Å². The Morgan fingerprint density at radius 1 is 0.767 bits per heavy atom. The second kappa shape index (κ2) is 7.81. The molecule has 0 atom stereocenters. The van der Waals surface area contributed by atoms with E-state index in [1.165, 1.54) is 4.90 Å². The van der Waals surface area contributed by atoms with Gasteiger partial charge in [0.15, 0.2) is 0 Å². The summed E-state index contributed by atoms with van der Waals surface area (Å²) in [6.45, 7) is 5.86. The minimum Gasteiger partial charge on any atom is -0.350 e. The zero-order valence-corrected chi connectivity index (χ0v) is 17.7. The maximum absolute atomic E-state index is 13.4. The lowest BCUT2D eigenvalue weighted by Crippen LogP contribution is -2.32. The fourth-order valence-corrected chi connectivity index (χ4v) is 3.60. The van der Waals surface area contributed by atoms with Crippen molar-refractivity contribution in [1.29, 1.82) is 0 Å². The third kappa shape index (κ3) is 3.62. The lowest BCUT2D eigenvalue weighted by atomic mass is 10.0. The molecule has 4 rings (SSSR count). The number of rotatable bonds is 4. The van der Waals surface area contributed by atoms with Gasteiger partial charge in [-0.05, 0) is 56.2 Å². The lowest BCUT2D eigenvalue weighted by Gasteiger charge is -2.16. The average Bonchev–Trinajstić information content (AvgIpc) is 2.96. The number of nitrogens with one attached hydrogen (secondary N) is 1. The van der Waals surface area contributed by atoms with Crippen LogP contribution in [0.3, 0.4) is 0 Å². The molecule has 1 aliphatic rings. The molecule has 0 aromatic heterocycles. The number of anilines is 2. The molecule has 4 nitrogen and oxygen atoms in total. The van der Waals surface area contributed by atoms with Gasteiger partial charge in [0.2, 0.25) is 0 Å². The molecule has 1 N–H and O–H groups in total. The van der Waals surface area contributed by atoms with Gasteiger partial charge in [-0.1, -0.05) is 65.2 Å². The van der Waals surface area contributed by atoms with E-state index in [0.717, 1.165) is 16.7 Å². The van der Waals surface area contributed by atoms with Gasteiger partial charge in [-0.2, -0.15) is 0 Å². The first-order valence-electron chi connectivity index (χ1n) is 9.65. The Kier molecular flexibility index (Phi) is 5.18. The van der Waals surface area contributed by atoms with E-state index in [9.17, 15) is 9.59 Å². The molecular formula is C25H21ClN2O2. The largest absolute Gasteiger partial charge is 0.350 e. The molecule has 0 aliphatic carbocycles. The predicted molar refractivity (Wildman–Crippen MR) is 122 cm³/mol. The summed E-state index contributed by atoms with van der Waals surface area (Å²) in [4.78, 5) is 28.0. The summed E-state index contributed by atoms with van der Waals surface area (Å²) in [5.74, 6) is -0.742. The Morgan fingerprint density at radius 2 is 1.37 bits per heavy atom. The third-order valence-corrected chi connectivity index (χ3v) is 5.41. The number of benzene rings is 3. The topological polar surface area (TPSA) is 49.4 Å². The number of carbonyl (C=O) groups excluding carboxylic acids is 2. The van der Waals surface area contributed by atoms with E-state index in [1.54, 1.807) is 24.3 Å².